The van der Waals surface area contributed by atoms with Gasteiger partial charge in [0.25, 0.3) is 0 Å². The van der Waals surface area contributed by atoms with Gasteiger partial charge in [-0.25, -0.2) is 4.79 Å². The number of ether oxygens (including phenoxy) is 1. The second-order valence-corrected chi connectivity index (χ2v) is 8.38. The molecule has 2 aromatic carbocycles. The van der Waals surface area contributed by atoms with E-state index in [1.54, 1.807) is 7.11 Å². The molecule has 182 valence electrons. The molecule has 3 N–H and O–H groups in total. The van der Waals surface area contributed by atoms with E-state index >= 15 is 0 Å². The number of halogens is 3. The Morgan fingerprint density at radius 1 is 1.12 bits per heavy atom. The maximum Gasteiger partial charge on any atom is 0.490 e. The summed E-state index contributed by atoms with van der Waals surface area (Å²) in [7, 11) is 5.89. The summed E-state index contributed by atoms with van der Waals surface area (Å²) in [4.78, 5) is 13.6. The Hall–Kier alpha value is -2.62. The van der Waals surface area contributed by atoms with Gasteiger partial charge in [0.15, 0.2) is 0 Å². The maximum absolute atomic E-state index is 10.6. The van der Waals surface area contributed by atoms with Crippen LogP contribution in [0.4, 0.5) is 13.2 Å². The zero-order valence-electron chi connectivity index (χ0n) is 19.2. The Morgan fingerprint density at radius 2 is 1.67 bits per heavy atom. The highest BCUT2D eigenvalue weighted by atomic mass is 19.4. The van der Waals surface area contributed by atoms with Gasteiger partial charge in [0.1, 0.15) is 5.75 Å². The van der Waals surface area contributed by atoms with E-state index in [2.05, 4.69) is 66.4 Å². The highest BCUT2D eigenvalue weighted by Crippen LogP contribution is 2.28. The first kappa shape index (κ1) is 26.6. The molecule has 9 heteroatoms. The molecule has 0 aliphatic carbocycles. The van der Waals surface area contributed by atoms with Gasteiger partial charge in [-0.15, -0.1) is 0 Å². The molecule has 6 nitrogen and oxygen atoms in total. The van der Waals surface area contributed by atoms with Crippen molar-refractivity contribution in [3.63, 3.8) is 0 Å². The topological polar surface area (TPSA) is 79.0 Å². The number of likely N-dealkylation sites (tertiary alicyclic amines) is 1. The Labute approximate surface area is 192 Å². The molecule has 1 aliphatic heterocycles. The third-order valence-electron chi connectivity index (χ3n) is 5.34. The van der Waals surface area contributed by atoms with Crippen LogP contribution in [0.15, 0.2) is 42.5 Å². The van der Waals surface area contributed by atoms with E-state index < -0.39 is 12.1 Å². The van der Waals surface area contributed by atoms with Crippen molar-refractivity contribution in [2.75, 3.05) is 34.3 Å². The van der Waals surface area contributed by atoms with Crippen LogP contribution >= 0.6 is 0 Å². The normalized spacial score (nSPS) is 15.2. The fraction of sp³-hybridized carbons (Fsp3) is 0.458. The third kappa shape index (κ3) is 8.68. The molecule has 0 unspecified atom stereocenters. The molecule has 3 rings (SSSR count). The van der Waals surface area contributed by atoms with Crippen LogP contribution in [-0.2, 0) is 17.9 Å². The number of hydrogen-bond acceptors (Lipinski definition) is 5. The number of piperidine rings is 1. The summed E-state index contributed by atoms with van der Waals surface area (Å²) in [5, 5.41) is 7.12. The number of carbonyl (C=O) groups is 1. The molecule has 1 heterocycles. The largest absolute Gasteiger partial charge is 0.496 e. The lowest BCUT2D eigenvalue weighted by molar-refractivity contribution is -0.192. The Balaban J connectivity index is 0.000000479. The molecule has 33 heavy (non-hydrogen) atoms. The predicted molar refractivity (Wildman–Crippen MR) is 122 cm³/mol. The molecule has 0 radical (unpaired) electrons. The van der Waals surface area contributed by atoms with Crippen molar-refractivity contribution in [3.8, 4) is 16.9 Å². The molecule has 1 fully saturated rings. The van der Waals surface area contributed by atoms with Crippen molar-refractivity contribution in [2.24, 2.45) is 5.73 Å². The first-order chi connectivity index (χ1) is 15.5. The number of aliphatic carboxylic acids is 1. The molecule has 1 saturated heterocycles. The minimum absolute atomic E-state index is 0.389. The molecule has 0 saturated carbocycles. The number of nitrogens with zero attached hydrogens (tertiary/aromatic N) is 2. The van der Waals surface area contributed by atoms with Gasteiger partial charge in [0, 0.05) is 24.7 Å². The third-order valence-corrected chi connectivity index (χ3v) is 5.34. The van der Waals surface area contributed by atoms with Gasteiger partial charge in [-0.2, -0.15) is 13.2 Å². The number of rotatable bonds is 6. The first-order valence-corrected chi connectivity index (χ1v) is 10.7. The van der Waals surface area contributed by atoms with E-state index in [4.69, 9.17) is 20.4 Å². The lowest BCUT2D eigenvalue weighted by Crippen LogP contribution is -2.39. The quantitative estimate of drug-likeness (QED) is 0.669. The number of hydrogen-bond donors (Lipinski definition) is 2. The number of nitrogens with two attached hydrogens (primary N) is 1. The predicted octanol–water partition coefficient (Wildman–Crippen LogP) is 3.98. The molecule has 2 aromatic rings. The molecule has 0 bridgehead atoms. The summed E-state index contributed by atoms with van der Waals surface area (Å²) in [6.45, 7) is 4.10. The standard InChI is InChI=1S/C22H31N3O.C2HF3O2/c1-24(2)16-20-14-19(8-9-22(20)26-3)18-6-4-17(5-7-18)15-25-12-10-21(23)11-13-25;3-2(4,5)1(6)7/h4-9,14,21H,10-13,15-16,23H2,1-3H3;(H,6,7). The van der Waals surface area contributed by atoms with Crippen LogP contribution < -0.4 is 10.5 Å². The molecule has 0 amide bonds. The summed E-state index contributed by atoms with van der Waals surface area (Å²) >= 11 is 0. The number of methoxy groups -OCH3 is 1. The van der Waals surface area contributed by atoms with E-state index in [9.17, 15) is 13.2 Å². The second kappa shape index (κ2) is 12.0. The van der Waals surface area contributed by atoms with Gasteiger partial charge in [0.05, 0.1) is 7.11 Å². The molecule has 0 atom stereocenters. The average Bonchev–Trinajstić information content (AvgIpc) is 2.75. The first-order valence-electron chi connectivity index (χ1n) is 10.7. The van der Waals surface area contributed by atoms with Crippen LogP contribution in [0.5, 0.6) is 5.75 Å². The van der Waals surface area contributed by atoms with Gasteiger partial charge in [-0.05, 0) is 68.8 Å². The fourth-order valence-electron chi connectivity index (χ4n) is 3.59. The van der Waals surface area contributed by atoms with E-state index in [0.29, 0.717) is 6.04 Å². The monoisotopic (exact) mass is 467 g/mol. The van der Waals surface area contributed by atoms with E-state index in [0.717, 1.165) is 44.8 Å². The van der Waals surface area contributed by atoms with Crippen molar-refractivity contribution in [1.82, 2.24) is 9.80 Å². The molecule has 0 spiro atoms. The van der Waals surface area contributed by atoms with Crippen LogP contribution in [0.3, 0.4) is 0 Å². The van der Waals surface area contributed by atoms with Crippen LogP contribution in [0.2, 0.25) is 0 Å². The van der Waals surface area contributed by atoms with Crippen molar-refractivity contribution < 1.29 is 27.8 Å². The minimum Gasteiger partial charge on any atom is -0.496 e. The zero-order valence-corrected chi connectivity index (χ0v) is 19.2. The van der Waals surface area contributed by atoms with Gasteiger partial charge >= 0.3 is 12.1 Å². The van der Waals surface area contributed by atoms with E-state index in [1.165, 1.54) is 22.3 Å². The van der Waals surface area contributed by atoms with E-state index in [1.807, 2.05) is 0 Å². The van der Waals surface area contributed by atoms with Gasteiger partial charge in [-0.1, -0.05) is 30.3 Å². The minimum atomic E-state index is -5.08. The summed E-state index contributed by atoms with van der Waals surface area (Å²) in [5.74, 6) is -1.81. The van der Waals surface area contributed by atoms with Crippen molar-refractivity contribution in [3.05, 3.63) is 53.6 Å². The van der Waals surface area contributed by atoms with Crippen LogP contribution in [-0.4, -0.2) is 67.4 Å². The number of carboxylic acids is 1. The highest BCUT2D eigenvalue weighted by molar-refractivity contribution is 5.73. The Kier molecular flexibility index (Phi) is 9.70. The van der Waals surface area contributed by atoms with Gasteiger partial charge in [0.2, 0.25) is 0 Å². The highest BCUT2D eigenvalue weighted by Gasteiger charge is 2.38. The van der Waals surface area contributed by atoms with Gasteiger partial charge in [-0.3, -0.25) is 4.90 Å². The summed E-state index contributed by atoms with van der Waals surface area (Å²) in [6.07, 6.45) is -2.86. The van der Waals surface area contributed by atoms with Crippen molar-refractivity contribution in [2.45, 2.75) is 38.1 Å². The molecule has 1 aliphatic rings. The average molecular weight is 468 g/mol. The summed E-state index contributed by atoms with van der Waals surface area (Å²) in [6, 6.07) is 15.8. The lowest BCUT2D eigenvalue weighted by Gasteiger charge is -2.30. The Morgan fingerprint density at radius 3 is 2.15 bits per heavy atom. The molecular formula is C24H32F3N3O3. The summed E-state index contributed by atoms with van der Waals surface area (Å²) < 4.78 is 37.2. The van der Waals surface area contributed by atoms with Crippen LogP contribution in [0.25, 0.3) is 11.1 Å². The van der Waals surface area contributed by atoms with Gasteiger partial charge < -0.3 is 20.5 Å². The number of alkyl halides is 3. The summed E-state index contributed by atoms with van der Waals surface area (Å²) in [5.41, 5.74) is 11.1. The second-order valence-electron chi connectivity index (χ2n) is 8.38. The molecular weight excluding hydrogens is 435 g/mol. The van der Waals surface area contributed by atoms with Crippen LogP contribution in [0, 0.1) is 0 Å². The SMILES string of the molecule is COc1ccc(-c2ccc(CN3CCC(N)CC3)cc2)cc1CN(C)C.O=C(O)C(F)(F)F. The number of benzene rings is 2. The maximum atomic E-state index is 10.6. The van der Waals surface area contributed by atoms with Crippen LogP contribution in [0.1, 0.15) is 24.0 Å². The Bertz CT molecular complexity index is 894. The lowest BCUT2D eigenvalue weighted by atomic mass is 10.00. The fourth-order valence-corrected chi connectivity index (χ4v) is 3.59. The van der Waals surface area contributed by atoms with Crippen molar-refractivity contribution >= 4 is 5.97 Å². The number of carboxylic acid groups (broad SMARTS) is 1. The van der Waals surface area contributed by atoms with Crippen molar-refractivity contribution in [1.29, 1.82) is 0 Å². The zero-order chi connectivity index (χ0) is 24.6. The smallest absolute Gasteiger partial charge is 0.490 e. The molecule has 0 aromatic heterocycles. The van der Waals surface area contributed by atoms with E-state index in [-0.39, 0.29) is 0 Å².